The predicted octanol–water partition coefficient (Wildman–Crippen LogP) is 8.88. The molecule has 0 amide bonds. The summed E-state index contributed by atoms with van der Waals surface area (Å²) < 4.78 is 0. The molecule has 0 fully saturated rings. The minimum absolute atomic E-state index is 1.02. The summed E-state index contributed by atoms with van der Waals surface area (Å²) in [6.07, 6.45) is 2.05. The predicted molar refractivity (Wildman–Crippen MR) is 144 cm³/mol. The van der Waals surface area contributed by atoms with E-state index in [4.69, 9.17) is 0 Å². The summed E-state index contributed by atoms with van der Waals surface area (Å²) in [5.74, 6) is 0. The molecule has 0 aliphatic heterocycles. The Morgan fingerprint density at radius 1 is 0.382 bits per heavy atom. The van der Waals surface area contributed by atoms with Crippen molar-refractivity contribution >= 4 is 43.1 Å². The molecule has 0 bridgehead atoms. The van der Waals surface area contributed by atoms with Gasteiger partial charge in [-0.25, -0.2) is 0 Å². The highest BCUT2D eigenvalue weighted by Crippen LogP contribution is 2.50. The number of hydrogen-bond acceptors (Lipinski definition) is 0. The van der Waals surface area contributed by atoms with Gasteiger partial charge in [-0.05, 0) is 113 Å². The first-order valence-electron chi connectivity index (χ1n) is 12.2. The van der Waals surface area contributed by atoms with E-state index in [1.54, 1.807) is 0 Å². The Morgan fingerprint density at radius 2 is 1.03 bits per heavy atom. The van der Waals surface area contributed by atoms with Crippen LogP contribution in [0.2, 0.25) is 0 Å². The molecule has 0 saturated carbocycles. The molecule has 0 unspecified atom stereocenters. The quantitative estimate of drug-likeness (QED) is 0.212. The molecule has 0 heterocycles. The first kappa shape index (κ1) is 17.3. The van der Waals surface area contributed by atoms with Crippen molar-refractivity contribution in [2.24, 2.45) is 0 Å². The fourth-order valence-corrected chi connectivity index (χ4v) is 6.97. The highest BCUT2D eigenvalue weighted by molar-refractivity contribution is 6.26. The van der Waals surface area contributed by atoms with Gasteiger partial charge in [0.15, 0.2) is 0 Å². The summed E-state index contributed by atoms with van der Waals surface area (Å²) in [7, 11) is 0. The average Bonchev–Trinajstić information content (AvgIpc) is 3.42. The Hall–Kier alpha value is -4.16. The zero-order valence-corrected chi connectivity index (χ0v) is 18.7. The monoisotopic (exact) mass is 428 g/mol. The van der Waals surface area contributed by atoms with Gasteiger partial charge in [0.25, 0.3) is 0 Å². The molecular formula is C34H20. The molecule has 0 atom stereocenters. The van der Waals surface area contributed by atoms with Crippen molar-refractivity contribution in [1.82, 2.24) is 0 Å². The van der Waals surface area contributed by atoms with Gasteiger partial charge < -0.3 is 0 Å². The van der Waals surface area contributed by atoms with Crippen LogP contribution in [0, 0.1) is 0 Å². The van der Waals surface area contributed by atoms with Gasteiger partial charge >= 0.3 is 0 Å². The number of benzene rings is 7. The second kappa shape index (κ2) is 5.85. The van der Waals surface area contributed by atoms with E-state index in [1.165, 1.54) is 87.6 Å². The maximum atomic E-state index is 2.52. The van der Waals surface area contributed by atoms with E-state index in [9.17, 15) is 0 Å². The van der Waals surface area contributed by atoms with Gasteiger partial charge in [0.1, 0.15) is 0 Å². The van der Waals surface area contributed by atoms with Crippen LogP contribution in [0.25, 0.3) is 65.3 Å². The molecule has 2 aliphatic carbocycles. The Kier molecular flexibility index (Phi) is 2.98. The lowest BCUT2D eigenvalue weighted by Gasteiger charge is -2.15. The third kappa shape index (κ3) is 2.01. The van der Waals surface area contributed by atoms with Gasteiger partial charge in [-0.3, -0.25) is 0 Å². The molecule has 0 radical (unpaired) electrons. The van der Waals surface area contributed by atoms with Crippen LogP contribution in [-0.4, -0.2) is 0 Å². The molecule has 156 valence electrons. The Balaban J connectivity index is 1.35. The van der Waals surface area contributed by atoms with E-state index >= 15 is 0 Å². The van der Waals surface area contributed by atoms with Crippen molar-refractivity contribution < 1.29 is 0 Å². The van der Waals surface area contributed by atoms with E-state index in [-0.39, 0.29) is 0 Å². The van der Waals surface area contributed by atoms with Gasteiger partial charge in [-0.15, -0.1) is 0 Å². The standard InChI is InChI=1S/C34H20/c1-2-7-27-19(4-1)8-10-22-14-24-17-30-25(18-29(24)32(22)27)16-26-15-23-11-9-20-5-3-6-21-12-13-28(33(26)30)34(23)31(20)21/h1-13,15,17-18H,14,16H2. The van der Waals surface area contributed by atoms with E-state index < -0.39 is 0 Å². The largest absolute Gasteiger partial charge is 0.0616 e. The molecule has 0 N–H and O–H groups in total. The lowest BCUT2D eigenvalue weighted by atomic mass is 9.89. The average molecular weight is 429 g/mol. The molecule has 2 aliphatic rings. The first-order valence-corrected chi connectivity index (χ1v) is 12.2. The van der Waals surface area contributed by atoms with Crippen molar-refractivity contribution in [3.05, 3.63) is 119 Å². The van der Waals surface area contributed by atoms with Crippen LogP contribution in [-0.2, 0) is 12.8 Å². The molecule has 0 heteroatoms. The summed E-state index contributed by atoms with van der Waals surface area (Å²) in [6, 6.07) is 36.9. The smallest absolute Gasteiger partial charge is 0.00128 e. The lowest BCUT2D eigenvalue weighted by molar-refractivity contribution is 1.24. The highest BCUT2D eigenvalue weighted by Gasteiger charge is 2.28. The highest BCUT2D eigenvalue weighted by atomic mass is 14.3. The fourth-order valence-electron chi connectivity index (χ4n) is 6.97. The molecular weight excluding hydrogens is 408 g/mol. The number of rotatable bonds is 0. The van der Waals surface area contributed by atoms with Gasteiger partial charge in [-0.1, -0.05) is 84.9 Å². The van der Waals surface area contributed by atoms with Crippen LogP contribution in [0.3, 0.4) is 0 Å². The molecule has 34 heavy (non-hydrogen) atoms. The second-order valence-electron chi connectivity index (χ2n) is 10.1. The Labute approximate surface area is 197 Å². The van der Waals surface area contributed by atoms with E-state index in [0.29, 0.717) is 0 Å². The van der Waals surface area contributed by atoms with Crippen molar-refractivity contribution in [2.75, 3.05) is 0 Å². The summed E-state index contributed by atoms with van der Waals surface area (Å²) in [6.45, 7) is 0. The normalized spacial score (nSPS) is 13.6. The van der Waals surface area contributed by atoms with E-state index in [2.05, 4.69) is 97.1 Å². The van der Waals surface area contributed by atoms with E-state index in [0.717, 1.165) is 12.8 Å². The van der Waals surface area contributed by atoms with Crippen molar-refractivity contribution in [3.8, 4) is 22.3 Å². The van der Waals surface area contributed by atoms with Gasteiger partial charge in [0.05, 0.1) is 0 Å². The molecule has 9 rings (SSSR count). The van der Waals surface area contributed by atoms with Crippen molar-refractivity contribution in [2.45, 2.75) is 12.8 Å². The first-order chi connectivity index (χ1) is 16.8. The minimum Gasteiger partial charge on any atom is -0.0616 e. The van der Waals surface area contributed by atoms with Crippen LogP contribution >= 0.6 is 0 Å². The zero-order valence-electron chi connectivity index (χ0n) is 18.7. The molecule has 7 aromatic rings. The van der Waals surface area contributed by atoms with Crippen LogP contribution in [0.4, 0.5) is 0 Å². The van der Waals surface area contributed by atoms with Crippen molar-refractivity contribution in [1.29, 1.82) is 0 Å². The summed E-state index contributed by atoms with van der Waals surface area (Å²) in [5.41, 5.74) is 11.7. The van der Waals surface area contributed by atoms with Crippen LogP contribution in [0.15, 0.2) is 97.1 Å². The molecule has 0 aromatic heterocycles. The van der Waals surface area contributed by atoms with E-state index in [1.807, 2.05) is 0 Å². The summed E-state index contributed by atoms with van der Waals surface area (Å²) >= 11 is 0. The maximum absolute atomic E-state index is 2.52. The Morgan fingerprint density at radius 3 is 1.88 bits per heavy atom. The third-order valence-corrected chi connectivity index (χ3v) is 8.37. The molecule has 0 spiro atoms. The third-order valence-electron chi connectivity index (χ3n) is 8.37. The number of hydrogen-bond donors (Lipinski definition) is 0. The van der Waals surface area contributed by atoms with Crippen molar-refractivity contribution in [3.63, 3.8) is 0 Å². The number of fused-ring (bicyclic) bond motifs is 9. The fraction of sp³-hybridized carbons (Fsp3) is 0.0588. The van der Waals surface area contributed by atoms with Crippen LogP contribution in [0.5, 0.6) is 0 Å². The lowest BCUT2D eigenvalue weighted by Crippen LogP contribution is -1.89. The summed E-state index contributed by atoms with van der Waals surface area (Å²) in [5, 5.41) is 11.0. The second-order valence-corrected chi connectivity index (χ2v) is 10.1. The van der Waals surface area contributed by atoms with Gasteiger partial charge in [0.2, 0.25) is 0 Å². The molecule has 0 nitrogen and oxygen atoms in total. The van der Waals surface area contributed by atoms with Crippen LogP contribution in [0.1, 0.15) is 22.3 Å². The van der Waals surface area contributed by atoms with Crippen LogP contribution < -0.4 is 0 Å². The maximum Gasteiger partial charge on any atom is -0.00128 e. The zero-order chi connectivity index (χ0) is 22.0. The molecule has 7 aromatic carbocycles. The summed E-state index contributed by atoms with van der Waals surface area (Å²) in [4.78, 5) is 0. The molecule has 0 saturated heterocycles. The topological polar surface area (TPSA) is 0 Å². The minimum atomic E-state index is 1.02. The van der Waals surface area contributed by atoms with Gasteiger partial charge in [0, 0.05) is 0 Å². The SMILES string of the molecule is c1ccc2c3c(ccc2c1)Cc1cc2c(cc1-3)Cc1cc3ccc4cccc5ccc(c1-2)c3c45. The Bertz CT molecular complexity index is 1990. The van der Waals surface area contributed by atoms with Gasteiger partial charge in [-0.2, -0.15) is 0 Å².